The number of carbonyl (C=O) groups excluding carboxylic acids is 1. The number of nitrogens with zero attached hydrogens (tertiary/aromatic N) is 3. The summed E-state index contributed by atoms with van der Waals surface area (Å²) in [5, 5.41) is 8.52. The molecule has 0 saturated carbocycles. The SMILES string of the molecule is N#CCC(=O)N=C1S[C@H]2CS(=O)(=O)C[C@@H]2N1c1ccccc1F. The highest BCUT2D eigenvalue weighted by Crippen LogP contribution is 2.41. The van der Waals surface area contributed by atoms with Crippen molar-refractivity contribution in [1.82, 2.24) is 0 Å². The molecule has 6 nitrogen and oxygen atoms in total. The van der Waals surface area contributed by atoms with E-state index >= 15 is 0 Å². The van der Waals surface area contributed by atoms with Crippen LogP contribution in [0.1, 0.15) is 6.42 Å². The summed E-state index contributed by atoms with van der Waals surface area (Å²) in [6.45, 7) is 0. The standard InChI is InChI=1S/C14H12FN3O3S2/c15-9-3-1-2-4-10(9)18-11-7-23(20,21)8-12(11)22-14(18)17-13(19)5-6-16/h1-4,11-12H,5,7-8H2/t11-,12-/m0/s1. The van der Waals surface area contributed by atoms with Crippen LogP contribution in [0.5, 0.6) is 0 Å². The molecule has 0 N–H and O–H groups in total. The van der Waals surface area contributed by atoms with E-state index in [2.05, 4.69) is 4.99 Å². The van der Waals surface area contributed by atoms with Gasteiger partial charge in [0.25, 0.3) is 5.91 Å². The molecule has 2 saturated heterocycles. The number of sulfone groups is 1. The molecule has 0 radical (unpaired) electrons. The zero-order chi connectivity index (χ0) is 16.6. The molecule has 3 rings (SSSR count). The van der Waals surface area contributed by atoms with Crippen LogP contribution >= 0.6 is 11.8 Å². The van der Waals surface area contributed by atoms with E-state index in [0.717, 1.165) is 11.8 Å². The van der Waals surface area contributed by atoms with Gasteiger partial charge in [-0.2, -0.15) is 10.3 Å². The van der Waals surface area contributed by atoms with E-state index in [-0.39, 0.29) is 34.0 Å². The lowest BCUT2D eigenvalue weighted by Crippen LogP contribution is -2.38. The maximum atomic E-state index is 14.2. The normalized spacial score (nSPS) is 27.0. The van der Waals surface area contributed by atoms with Crippen LogP contribution in [0.4, 0.5) is 10.1 Å². The number of thioether (sulfide) groups is 1. The van der Waals surface area contributed by atoms with Gasteiger partial charge < -0.3 is 4.90 Å². The summed E-state index contributed by atoms with van der Waals surface area (Å²) in [7, 11) is -3.20. The first-order chi connectivity index (χ1) is 10.9. The smallest absolute Gasteiger partial charge is 0.262 e. The molecule has 0 aromatic heterocycles. The topological polar surface area (TPSA) is 90.6 Å². The average Bonchev–Trinajstić information content (AvgIpc) is 2.91. The highest BCUT2D eigenvalue weighted by molar-refractivity contribution is 8.16. The second kappa shape index (κ2) is 5.94. The molecule has 0 aliphatic carbocycles. The number of aliphatic imine (C=N–C) groups is 1. The number of para-hydroxylation sites is 1. The molecule has 2 aliphatic heterocycles. The van der Waals surface area contributed by atoms with Crippen LogP contribution < -0.4 is 4.90 Å². The fourth-order valence-electron chi connectivity index (χ4n) is 2.71. The molecule has 2 fully saturated rings. The molecule has 0 spiro atoms. The van der Waals surface area contributed by atoms with Crippen molar-refractivity contribution in [3.05, 3.63) is 30.1 Å². The van der Waals surface area contributed by atoms with Gasteiger partial charge in [-0.05, 0) is 12.1 Å². The van der Waals surface area contributed by atoms with Gasteiger partial charge in [-0.3, -0.25) is 4.79 Å². The van der Waals surface area contributed by atoms with E-state index < -0.39 is 27.6 Å². The van der Waals surface area contributed by atoms with Gasteiger partial charge in [0.1, 0.15) is 12.2 Å². The third-order valence-corrected chi connectivity index (χ3v) is 6.84. The van der Waals surface area contributed by atoms with E-state index in [4.69, 9.17) is 5.26 Å². The van der Waals surface area contributed by atoms with Crippen molar-refractivity contribution in [2.24, 2.45) is 4.99 Å². The zero-order valence-corrected chi connectivity index (χ0v) is 13.5. The minimum absolute atomic E-state index is 0.0290. The Morgan fingerprint density at radius 1 is 1.43 bits per heavy atom. The number of halogens is 1. The number of hydrogen-bond donors (Lipinski definition) is 0. The molecule has 1 aromatic rings. The van der Waals surface area contributed by atoms with Gasteiger partial charge in [-0.15, -0.1) is 0 Å². The summed E-state index contributed by atoms with van der Waals surface area (Å²) >= 11 is 1.15. The molecule has 1 amide bonds. The van der Waals surface area contributed by atoms with Crippen molar-refractivity contribution in [3.63, 3.8) is 0 Å². The van der Waals surface area contributed by atoms with Gasteiger partial charge in [0.05, 0.1) is 29.3 Å². The highest BCUT2D eigenvalue weighted by Gasteiger charge is 2.49. The molecule has 9 heteroatoms. The fraction of sp³-hybridized carbons (Fsp3) is 0.357. The first-order valence-corrected chi connectivity index (χ1v) is 9.51. The Bertz CT molecular complexity index is 832. The first kappa shape index (κ1) is 16.0. The molecule has 23 heavy (non-hydrogen) atoms. The predicted molar refractivity (Wildman–Crippen MR) is 85.4 cm³/mol. The lowest BCUT2D eigenvalue weighted by molar-refractivity contribution is -0.116. The van der Waals surface area contributed by atoms with Gasteiger partial charge >= 0.3 is 0 Å². The van der Waals surface area contributed by atoms with Crippen molar-refractivity contribution >= 4 is 38.4 Å². The second-order valence-corrected chi connectivity index (χ2v) is 8.61. The quantitative estimate of drug-likeness (QED) is 0.797. The van der Waals surface area contributed by atoms with Gasteiger partial charge in [0, 0.05) is 5.25 Å². The average molecular weight is 353 g/mol. The van der Waals surface area contributed by atoms with Crippen LogP contribution in [0.2, 0.25) is 0 Å². The number of benzene rings is 1. The van der Waals surface area contributed by atoms with Gasteiger partial charge in [-0.25, -0.2) is 12.8 Å². The minimum Gasteiger partial charge on any atom is -0.313 e. The highest BCUT2D eigenvalue weighted by atomic mass is 32.2. The van der Waals surface area contributed by atoms with Crippen molar-refractivity contribution in [2.75, 3.05) is 16.4 Å². The Balaban J connectivity index is 2.03. The fourth-order valence-corrected chi connectivity index (χ4v) is 6.63. The van der Waals surface area contributed by atoms with Crippen LogP contribution in [0.3, 0.4) is 0 Å². The van der Waals surface area contributed by atoms with Crippen LogP contribution in [-0.4, -0.2) is 42.3 Å². The number of carbonyl (C=O) groups is 1. The Kier molecular flexibility index (Phi) is 4.12. The minimum atomic E-state index is -3.20. The third-order valence-electron chi connectivity index (χ3n) is 3.63. The Labute approximate surface area is 136 Å². The van der Waals surface area contributed by atoms with Crippen LogP contribution in [0, 0.1) is 17.1 Å². The van der Waals surface area contributed by atoms with Crippen molar-refractivity contribution in [2.45, 2.75) is 17.7 Å². The predicted octanol–water partition coefficient (Wildman–Crippen LogP) is 1.34. The van der Waals surface area contributed by atoms with Crippen LogP contribution in [0.25, 0.3) is 0 Å². The zero-order valence-electron chi connectivity index (χ0n) is 11.8. The van der Waals surface area contributed by atoms with E-state index in [1.807, 2.05) is 0 Å². The number of amides is 1. The number of anilines is 1. The van der Waals surface area contributed by atoms with E-state index in [0.29, 0.717) is 0 Å². The summed E-state index contributed by atoms with van der Waals surface area (Å²) in [6, 6.07) is 7.21. The molecular weight excluding hydrogens is 341 g/mol. The summed E-state index contributed by atoms with van der Waals surface area (Å²) in [6.07, 6.45) is -0.372. The van der Waals surface area contributed by atoms with Crippen molar-refractivity contribution in [3.8, 4) is 6.07 Å². The summed E-state index contributed by atoms with van der Waals surface area (Å²) in [4.78, 5) is 17.0. The van der Waals surface area contributed by atoms with E-state index in [1.54, 1.807) is 12.1 Å². The summed E-state index contributed by atoms with van der Waals surface area (Å²) in [5.41, 5.74) is 0.188. The summed E-state index contributed by atoms with van der Waals surface area (Å²) < 4.78 is 37.9. The first-order valence-electron chi connectivity index (χ1n) is 6.80. The molecule has 0 bridgehead atoms. The largest absolute Gasteiger partial charge is 0.313 e. The molecule has 1 aromatic carbocycles. The van der Waals surface area contributed by atoms with Crippen LogP contribution in [-0.2, 0) is 14.6 Å². The Morgan fingerprint density at radius 3 is 2.87 bits per heavy atom. The summed E-state index contributed by atoms with van der Waals surface area (Å²) in [5.74, 6) is -1.28. The Hall–Kier alpha value is -1.92. The van der Waals surface area contributed by atoms with Gasteiger partial charge in [0.2, 0.25) is 0 Å². The number of nitriles is 1. The number of hydrogen-bond acceptors (Lipinski definition) is 5. The van der Waals surface area contributed by atoms with Crippen LogP contribution in [0.15, 0.2) is 29.3 Å². The lowest BCUT2D eigenvalue weighted by Gasteiger charge is -2.24. The monoisotopic (exact) mass is 353 g/mol. The molecule has 2 atom stereocenters. The molecular formula is C14H12FN3O3S2. The van der Waals surface area contributed by atoms with Gasteiger partial charge in [-0.1, -0.05) is 23.9 Å². The molecule has 2 heterocycles. The Morgan fingerprint density at radius 2 is 2.17 bits per heavy atom. The molecule has 0 unspecified atom stereocenters. The number of amidine groups is 1. The van der Waals surface area contributed by atoms with E-state index in [9.17, 15) is 17.6 Å². The van der Waals surface area contributed by atoms with Crippen molar-refractivity contribution in [1.29, 1.82) is 5.26 Å². The lowest BCUT2D eigenvalue weighted by atomic mass is 10.2. The van der Waals surface area contributed by atoms with Gasteiger partial charge in [0.15, 0.2) is 15.0 Å². The molecule has 120 valence electrons. The number of rotatable bonds is 2. The maximum absolute atomic E-state index is 14.2. The number of fused-ring (bicyclic) bond motifs is 1. The van der Waals surface area contributed by atoms with E-state index in [1.165, 1.54) is 23.1 Å². The van der Waals surface area contributed by atoms with Crippen molar-refractivity contribution < 1.29 is 17.6 Å². The maximum Gasteiger partial charge on any atom is 0.262 e. The second-order valence-electron chi connectivity index (χ2n) is 5.24. The third kappa shape index (κ3) is 3.09. The molecule has 2 aliphatic rings.